The Morgan fingerprint density at radius 2 is 1.93 bits per heavy atom. The van der Waals surface area contributed by atoms with Crippen molar-refractivity contribution in [3.63, 3.8) is 0 Å². The summed E-state index contributed by atoms with van der Waals surface area (Å²) in [5.41, 5.74) is 2.19. The van der Waals surface area contributed by atoms with Crippen LogP contribution < -0.4 is 15.9 Å². The average Bonchev–Trinajstić information content (AvgIpc) is 3.22. The minimum absolute atomic E-state index is 0.140. The van der Waals surface area contributed by atoms with Crippen LogP contribution in [-0.2, 0) is 6.54 Å². The van der Waals surface area contributed by atoms with Crippen LogP contribution in [-0.4, -0.2) is 38.2 Å². The van der Waals surface area contributed by atoms with Gasteiger partial charge in [0.2, 0.25) is 11.3 Å². The average molecular weight is 470 g/mol. The van der Waals surface area contributed by atoms with Gasteiger partial charge < -0.3 is 21.0 Å². The van der Waals surface area contributed by atoms with Crippen LogP contribution in [0.5, 0.6) is 11.5 Å². The normalized spacial score (nSPS) is 11.6. The quantitative estimate of drug-likeness (QED) is 0.220. The summed E-state index contributed by atoms with van der Waals surface area (Å²) in [6.45, 7) is 0.463. The number of hydrogen-bond acceptors (Lipinski definition) is 10. The summed E-state index contributed by atoms with van der Waals surface area (Å²) in [7, 11) is 1.45. The maximum absolute atomic E-state index is 10.7. The Labute approximate surface area is 178 Å². The number of aromatic hydroxyl groups is 1. The number of methoxy groups -OCH3 is 1. The van der Waals surface area contributed by atoms with Gasteiger partial charge in [0.25, 0.3) is 0 Å². The fourth-order valence-corrected chi connectivity index (χ4v) is 3.31. The first-order valence-corrected chi connectivity index (χ1v) is 9.53. The third kappa shape index (κ3) is 3.74. The van der Waals surface area contributed by atoms with Gasteiger partial charge in [-0.3, -0.25) is 0 Å². The molecule has 0 fully saturated rings. The molecule has 10 nitrogen and oxygen atoms in total. The van der Waals surface area contributed by atoms with Crippen LogP contribution in [0.15, 0.2) is 56.7 Å². The summed E-state index contributed by atoms with van der Waals surface area (Å²) in [6, 6.07) is 13.0. The molecule has 2 aromatic heterocycles. The highest BCUT2D eigenvalue weighted by molar-refractivity contribution is 9.10. The van der Waals surface area contributed by atoms with E-state index in [0.29, 0.717) is 22.4 Å². The first kappa shape index (κ1) is 19.6. The minimum Gasteiger partial charge on any atom is -0.504 e. The second-order valence-electron chi connectivity index (χ2n) is 6.15. The van der Waals surface area contributed by atoms with Crippen LogP contribution in [0, 0.1) is 0 Å². The molecular weight excluding hydrogens is 454 g/mol. The first-order chi connectivity index (χ1) is 14.6. The molecule has 0 aliphatic rings. The lowest BCUT2D eigenvalue weighted by molar-refractivity contribution is 0.314. The second-order valence-corrected chi connectivity index (χ2v) is 7.07. The highest BCUT2D eigenvalue weighted by Gasteiger charge is 2.23. The maximum atomic E-state index is 10.7. The molecule has 0 radical (unpaired) electrons. The summed E-state index contributed by atoms with van der Waals surface area (Å²) in [6.07, 6.45) is 0. The van der Waals surface area contributed by atoms with Crippen molar-refractivity contribution in [2.45, 2.75) is 6.54 Å². The van der Waals surface area contributed by atoms with E-state index in [-0.39, 0.29) is 34.2 Å². The number of rotatable bonds is 6. The van der Waals surface area contributed by atoms with Crippen LogP contribution >= 0.6 is 15.9 Å². The molecule has 0 amide bonds. The number of halogens is 1. The molecule has 0 saturated heterocycles. The van der Waals surface area contributed by atoms with Crippen molar-refractivity contribution in [1.29, 1.82) is 0 Å². The molecule has 30 heavy (non-hydrogen) atoms. The number of nitrogens with zero attached hydrogens (tertiary/aromatic N) is 5. The third-order valence-electron chi connectivity index (χ3n) is 4.29. The Morgan fingerprint density at radius 3 is 2.63 bits per heavy atom. The molecule has 0 bridgehead atoms. The molecule has 152 valence electrons. The van der Waals surface area contributed by atoms with Crippen molar-refractivity contribution < 1.29 is 14.5 Å². The first-order valence-electron chi connectivity index (χ1n) is 8.74. The van der Waals surface area contributed by atoms with E-state index in [1.54, 1.807) is 12.1 Å². The Kier molecular flexibility index (Phi) is 5.44. The molecule has 4 aromatic rings. The largest absolute Gasteiger partial charge is 0.504 e. The van der Waals surface area contributed by atoms with Gasteiger partial charge in [-0.2, -0.15) is 5.10 Å². The number of ether oxygens (including phenoxy) is 1. The number of aromatic nitrogens is 4. The van der Waals surface area contributed by atoms with Crippen molar-refractivity contribution >= 4 is 38.8 Å². The van der Waals surface area contributed by atoms with Gasteiger partial charge in [-0.05, 0) is 28.0 Å². The Hall–Kier alpha value is -3.73. The molecule has 4 rings (SSSR count). The van der Waals surface area contributed by atoms with E-state index in [9.17, 15) is 5.11 Å². The number of phenolic OH excluding ortho intramolecular Hbond substituents is 1. The zero-order valence-corrected chi connectivity index (χ0v) is 17.3. The molecule has 0 spiro atoms. The zero-order chi connectivity index (χ0) is 21.1. The van der Waals surface area contributed by atoms with Crippen molar-refractivity contribution in [3.05, 3.63) is 63.8 Å². The predicted octanol–water partition coefficient (Wildman–Crippen LogP) is 2.81. The number of hydrazone groups is 1. The van der Waals surface area contributed by atoms with Crippen LogP contribution in [0.25, 0.3) is 11.3 Å². The maximum Gasteiger partial charge on any atom is 0.245 e. The van der Waals surface area contributed by atoms with Gasteiger partial charge >= 0.3 is 0 Å². The predicted molar refractivity (Wildman–Crippen MR) is 113 cm³/mol. The van der Waals surface area contributed by atoms with Crippen LogP contribution in [0.4, 0.5) is 5.82 Å². The Morgan fingerprint density at radius 1 is 1.20 bits per heavy atom. The van der Waals surface area contributed by atoms with Crippen LogP contribution in [0.1, 0.15) is 16.8 Å². The second kappa shape index (κ2) is 8.33. The lowest BCUT2D eigenvalue weighted by atomic mass is 10.0. The van der Waals surface area contributed by atoms with E-state index in [2.05, 4.69) is 46.6 Å². The molecule has 0 aliphatic heterocycles. The van der Waals surface area contributed by atoms with E-state index in [4.69, 9.17) is 15.2 Å². The van der Waals surface area contributed by atoms with Crippen LogP contribution in [0.2, 0.25) is 0 Å². The fraction of sp³-hybridized carbons (Fsp3) is 0.105. The van der Waals surface area contributed by atoms with Gasteiger partial charge in [0.15, 0.2) is 17.3 Å². The highest BCUT2D eigenvalue weighted by atomic mass is 79.9. The van der Waals surface area contributed by atoms with E-state index in [1.165, 1.54) is 7.11 Å². The van der Waals surface area contributed by atoms with Crippen molar-refractivity contribution in [2.75, 3.05) is 12.4 Å². The summed E-state index contributed by atoms with van der Waals surface area (Å²) < 4.78 is 10.6. The molecule has 0 aliphatic carbocycles. The Bertz CT molecular complexity index is 1230. The lowest BCUT2D eigenvalue weighted by Gasteiger charge is -2.14. The summed E-state index contributed by atoms with van der Waals surface area (Å²) >= 11 is 3.40. The molecule has 2 heterocycles. The standard InChI is InChI=1S/C19H16BrN7O3/c1-29-13-8-11(20)7-12(16(13)28)14(25-21)15-17(22-9-10-5-3-2-4-6-10)24-19-18(23-15)26-30-27-19/h2-8,28H,9,21H2,1H3,(H,22,24,27). The summed E-state index contributed by atoms with van der Waals surface area (Å²) in [4.78, 5) is 8.89. The van der Waals surface area contributed by atoms with Crippen LogP contribution in [0.3, 0.4) is 0 Å². The van der Waals surface area contributed by atoms with E-state index >= 15 is 0 Å². The number of nitrogens with one attached hydrogen (secondary N) is 1. The summed E-state index contributed by atoms with van der Waals surface area (Å²) in [5, 5.41) is 25.2. The molecule has 4 N–H and O–H groups in total. The van der Waals surface area contributed by atoms with Gasteiger partial charge in [0.1, 0.15) is 11.4 Å². The number of nitrogens with two attached hydrogens (primary N) is 1. The zero-order valence-electron chi connectivity index (χ0n) is 15.7. The minimum atomic E-state index is -0.140. The van der Waals surface area contributed by atoms with Gasteiger partial charge in [-0.25, -0.2) is 14.6 Å². The molecule has 0 saturated carbocycles. The highest BCUT2D eigenvalue weighted by Crippen LogP contribution is 2.35. The SMILES string of the molecule is COc1cc(Br)cc(C(=NN)c2nc3nonc3nc2NCc2ccccc2)c1O. The van der Waals surface area contributed by atoms with E-state index in [0.717, 1.165) is 5.56 Å². The van der Waals surface area contributed by atoms with Crippen molar-refractivity contribution in [2.24, 2.45) is 10.9 Å². The third-order valence-corrected chi connectivity index (χ3v) is 4.74. The number of benzene rings is 2. The Balaban J connectivity index is 1.83. The monoisotopic (exact) mass is 469 g/mol. The molecular formula is C19H16BrN7O3. The van der Waals surface area contributed by atoms with Crippen molar-refractivity contribution in [1.82, 2.24) is 20.3 Å². The van der Waals surface area contributed by atoms with Gasteiger partial charge in [0, 0.05) is 11.0 Å². The molecule has 0 unspecified atom stereocenters. The molecule has 2 aromatic carbocycles. The van der Waals surface area contributed by atoms with Gasteiger partial charge in [-0.15, -0.1) is 0 Å². The number of phenols is 1. The van der Waals surface area contributed by atoms with Crippen molar-refractivity contribution in [3.8, 4) is 11.5 Å². The summed E-state index contributed by atoms with van der Waals surface area (Å²) in [5.74, 6) is 6.17. The molecule has 11 heteroatoms. The topological polar surface area (TPSA) is 145 Å². The molecule has 0 atom stereocenters. The van der Waals surface area contributed by atoms with E-state index in [1.807, 2.05) is 30.3 Å². The number of anilines is 1. The number of hydrogen-bond donors (Lipinski definition) is 3. The van der Waals surface area contributed by atoms with E-state index < -0.39 is 0 Å². The smallest absolute Gasteiger partial charge is 0.245 e. The van der Waals surface area contributed by atoms with Gasteiger partial charge in [0.05, 0.1) is 12.7 Å². The lowest BCUT2D eigenvalue weighted by Crippen LogP contribution is -2.15. The van der Waals surface area contributed by atoms with Gasteiger partial charge in [-0.1, -0.05) is 46.3 Å². The number of fused-ring (bicyclic) bond motifs is 1. The fourth-order valence-electron chi connectivity index (χ4n) is 2.88.